The van der Waals surface area contributed by atoms with Gasteiger partial charge in [0.15, 0.2) is 9.84 Å². The van der Waals surface area contributed by atoms with E-state index in [0.717, 1.165) is 18.0 Å². The van der Waals surface area contributed by atoms with Gasteiger partial charge in [0.05, 0.1) is 19.9 Å². The quantitative estimate of drug-likeness (QED) is 0.580. The Morgan fingerprint density at radius 3 is 2.36 bits per heavy atom. The molecule has 0 spiro atoms. The van der Waals surface area contributed by atoms with Gasteiger partial charge in [-0.25, -0.2) is 8.42 Å². The van der Waals surface area contributed by atoms with Gasteiger partial charge in [-0.05, 0) is 30.3 Å². The second-order valence-corrected chi connectivity index (χ2v) is 8.22. The molecule has 0 aliphatic heterocycles. The number of nitro groups is 1. The number of hydrogen-bond donors (Lipinski definition) is 0. The van der Waals surface area contributed by atoms with Gasteiger partial charge < -0.3 is 0 Å². The van der Waals surface area contributed by atoms with Crippen LogP contribution in [-0.4, -0.2) is 19.6 Å². The monoisotopic (exact) mass is 377 g/mol. The molecule has 2 aromatic carbocycles. The highest BCUT2D eigenvalue weighted by Gasteiger charge is 2.26. The molecule has 5 nitrogen and oxygen atoms in total. The molecule has 0 aromatic heterocycles. The number of benzene rings is 2. The highest BCUT2D eigenvalue weighted by Crippen LogP contribution is 2.40. The molecule has 0 aliphatic carbocycles. The Kier molecular flexibility index (Phi) is 5.01. The van der Waals surface area contributed by atoms with Crippen LogP contribution in [0.15, 0.2) is 51.1 Å². The molecule has 0 saturated heterocycles. The minimum absolute atomic E-state index is 0.214. The van der Waals surface area contributed by atoms with Crippen LogP contribution in [0.3, 0.4) is 0 Å². The summed E-state index contributed by atoms with van der Waals surface area (Å²) in [4.78, 5) is 11.1. The number of hydrogen-bond acceptors (Lipinski definition) is 5. The van der Waals surface area contributed by atoms with Crippen molar-refractivity contribution in [2.75, 3.05) is 6.26 Å². The number of rotatable bonds is 4. The SMILES string of the molecule is CS(=O)(=O)c1cccc(Sc2ccc(Cl)c(Cl)c2)c1[N+](=O)[O-]. The Hall–Kier alpha value is -1.28. The second-order valence-electron chi connectivity index (χ2n) is 4.31. The molecule has 2 aromatic rings. The molecule has 0 bridgehead atoms. The van der Waals surface area contributed by atoms with E-state index in [-0.39, 0.29) is 9.79 Å². The van der Waals surface area contributed by atoms with Crippen LogP contribution < -0.4 is 0 Å². The molecule has 0 N–H and O–H groups in total. The zero-order chi connectivity index (χ0) is 16.5. The fourth-order valence-electron chi connectivity index (χ4n) is 1.73. The fraction of sp³-hybridized carbons (Fsp3) is 0.0769. The molecule has 0 saturated carbocycles. The van der Waals surface area contributed by atoms with Crippen molar-refractivity contribution in [2.45, 2.75) is 14.7 Å². The van der Waals surface area contributed by atoms with Gasteiger partial charge in [0, 0.05) is 11.2 Å². The number of sulfone groups is 1. The summed E-state index contributed by atoms with van der Waals surface area (Å²) < 4.78 is 23.4. The van der Waals surface area contributed by atoms with Crippen LogP contribution in [0.5, 0.6) is 0 Å². The summed E-state index contributed by atoms with van der Waals surface area (Å²) in [7, 11) is -3.71. The Morgan fingerprint density at radius 1 is 1.14 bits per heavy atom. The van der Waals surface area contributed by atoms with Crippen LogP contribution in [0.4, 0.5) is 5.69 Å². The van der Waals surface area contributed by atoms with Crippen LogP contribution in [0.25, 0.3) is 0 Å². The summed E-state index contributed by atoms with van der Waals surface area (Å²) >= 11 is 12.8. The molecule has 2 rings (SSSR count). The first kappa shape index (κ1) is 17.1. The van der Waals surface area contributed by atoms with Crippen molar-refractivity contribution in [1.29, 1.82) is 0 Å². The van der Waals surface area contributed by atoms with Crippen molar-refractivity contribution < 1.29 is 13.3 Å². The molecule has 0 heterocycles. The number of para-hydroxylation sites is 1. The molecule has 116 valence electrons. The van der Waals surface area contributed by atoms with Gasteiger partial charge in [0.25, 0.3) is 0 Å². The fourth-order valence-corrected chi connectivity index (χ4v) is 4.01. The van der Waals surface area contributed by atoms with E-state index >= 15 is 0 Å². The maximum absolute atomic E-state index is 11.7. The van der Waals surface area contributed by atoms with Crippen molar-refractivity contribution >= 4 is 50.5 Å². The molecule has 0 amide bonds. The lowest BCUT2D eigenvalue weighted by Crippen LogP contribution is -2.03. The van der Waals surface area contributed by atoms with Crippen LogP contribution in [0.2, 0.25) is 10.0 Å². The Bertz CT molecular complexity index is 853. The first-order chi connectivity index (χ1) is 10.2. The van der Waals surface area contributed by atoms with Gasteiger partial charge in [0.1, 0.15) is 4.90 Å². The third-order valence-corrected chi connectivity index (χ3v) is 5.57. The molecule has 0 aliphatic rings. The molecular weight excluding hydrogens is 369 g/mol. The lowest BCUT2D eigenvalue weighted by Gasteiger charge is -2.07. The molecule has 0 fully saturated rings. The third kappa shape index (κ3) is 3.73. The summed E-state index contributed by atoms with van der Waals surface area (Å²) in [6.07, 6.45) is 0.933. The van der Waals surface area contributed by atoms with E-state index in [2.05, 4.69) is 0 Å². The molecule has 0 unspecified atom stereocenters. The van der Waals surface area contributed by atoms with Gasteiger partial charge >= 0.3 is 5.69 Å². The Balaban J connectivity index is 2.56. The van der Waals surface area contributed by atoms with Gasteiger partial charge in [-0.2, -0.15) is 0 Å². The average molecular weight is 378 g/mol. The number of nitro benzene ring substituents is 1. The number of nitrogens with zero attached hydrogens (tertiary/aromatic N) is 1. The smallest absolute Gasteiger partial charge is 0.258 e. The van der Waals surface area contributed by atoms with E-state index in [1.807, 2.05) is 0 Å². The highest BCUT2D eigenvalue weighted by molar-refractivity contribution is 7.99. The van der Waals surface area contributed by atoms with Crippen molar-refractivity contribution in [2.24, 2.45) is 0 Å². The van der Waals surface area contributed by atoms with E-state index in [4.69, 9.17) is 23.2 Å². The van der Waals surface area contributed by atoms with E-state index in [9.17, 15) is 18.5 Å². The first-order valence-corrected chi connectivity index (χ1v) is 9.27. The summed E-state index contributed by atoms with van der Waals surface area (Å²) in [5.74, 6) is 0. The predicted molar refractivity (Wildman–Crippen MR) is 86.8 cm³/mol. The van der Waals surface area contributed by atoms with E-state index in [1.165, 1.54) is 18.2 Å². The van der Waals surface area contributed by atoms with Crippen LogP contribution in [0, 0.1) is 10.1 Å². The van der Waals surface area contributed by atoms with E-state index < -0.39 is 20.4 Å². The Morgan fingerprint density at radius 2 is 1.82 bits per heavy atom. The van der Waals surface area contributed by atoms with Gasteiger partial charge in [-0.3, -0.25) is 10.1 Å². The third-order valence-electron chi connectivity index (χ3n) is 2.66. The van der Waals surface area contributed by atoms with Crippen molar-refractivity contribution in [1.82, 2.24) is 0 Å². The zero-order valence-corrected chi connectivity index (χ0v) is 14.3. The zero-order valence-electron chi connectivity index (χ0n) is 11.1. The highest BCUT2D eigenvalue weighted by atomic mass is 35.5. The van der Waals surface area contributed by atoms with Crippen molar-refractivity contribution in [3.63, 3.8) is 0 Å². The largest absolute Gasteiger partial charge is 0.301 e. The second kappa shape index (κ2) is 6.45. The minimum atomic E-state index is -3.71. The predicted octanol–water partition coefficient (Wildman–Crippen LogP) is 4.46. The Labute approximate surface area is 141 Å². The van der Waals surface area contributed by atoms with E-state index in [0.29, 0.717) is 14.9 Å². The molecule has 0 atom stereocenters. The topological polar surface area (TPSA) is 77.3 Å². The summed E-state index contributed by atoms with van der Waals surface area (Å²) in [6.45, 7) is 0. The minimum Gasteiger partial charge on any atom is -0.258 e. The normalized spacial score (nSPS) is 11.4. The summed E-state index contributed by atoms with van der Waals surface area (Å²) in [6, 6.07) is 8.94. The molecule has 22 heavy (non-hydrogen) atoms. The van der Waals surface area contributed by atoms with Crippen LogP contribution in [0.1, 0.15) is 0 Å². The van der Waals surface area contributed by atoms with Crippen LogP contribution >= 0.6 is 35.0 Å². The van der Waals surface area contributed by atoms with Gasteiger partial charge in [-0.15, -0.1) is 0 Å². The van der Waals surface area contributed by atoms with Gasteiger partial charge in [0.2, 0.25) is 0 Å². The van der Waals surface area contributed by atoms with Crippen molar-refractivity contribution in [3.8, 4) is 0 Å². The lowest BCUT2D eigenvalue weighted by molar-refractivity contribution is -0.390. The standard InChI is InChI=1S/C13H9Cl2NO4S2/c1-22(19,20)12-4-2-3-11(13(12)16(17)18)21-8-5-6-9(14)10(15)7-8/h2-7H,1H3. The first-order valence-electron chi connectivity index (χ1n) is 5.80. The van der Waals surface area contributed by atoms with Crippen LogP contribution in [-0.2, 0) is 9.84 Å². The molecule has 0 radical (unpaired) electrons. The summed E-state index contributed by atoms with van der Waals surface area (Å²) in [5, 5.41) is 12.0. The summed E-state index contributed by atoms with van der Waals surface area (Å²) in [5.41, 5.74) is -0.443. The lowest BCUT2D eigenvalue weighted by atomic mass is 10.3. The average Bonchev–Trinajstić information content (AvgIpc) is 2.41. The number of halogens is 2. The van der Waals surface area contributed by atoms with E-state index in [1.54, 1.807) is 18.2 Å². The van der Waals surface area contributed by atoms with Gasteiger partial charge in [-0.1, -0.05) is 41.0 Å². The maximum Gasteiger partial charge on any atom is 0.301 e. The molecular formula is C13H9Cl2NO4S2. The molecule has 9 heteroatoms. The maximum atomic E-state index is 11.7. The van der Waals surface area contributed by atoms with Crippen molar-refractivity contribution in [3.05, 3.63) is 56.6 Å².